The van der Waals surface area contributed by atoms with Crippen molar-refractivity contribution in [3.8, 4) is 17.6 Å². The number of benzene rings is 1. The standard InChI is InChI=1S/C20H17FN6O2/c1-20(2)11-27(19(28)25-13-4-5-15(21)12(8-13)9-22)10-14-16(26-29-17(14)20)18-23-6-3-7-24-18/h3-8H,10-11H2,1-2H3,(H,25,28). The molecule has 3 aromatic rings. The van der Waals surface area contributed by atoms with Gasteiger partial charge >= 0.3 is 6.03 Å². The summed E-state index contributed by atoms with van der Waals surface area (Å²) < 4.78 is 19.1. The number of aromatic nitrogens is 3. The summed E-state index contributed by atoms with van der Waals surface area (Å²) in [6.45, 7) is 4.56. The molecule has 0 bridgehead atoms. The molecule has 1 aromatic carbocycles. The normalized spacial score (nSPS) is 14.8. The zero-order valence-electron chi connectivity index (χ0n) is 15.8. The quantitative estimate of drug-likeness (QED) is 0.715. The molecular weight excluding hydrogens is 375 g/mol. The first-order valence-corrected chi connectivity index (χ1v) is 8.91. The summed E-state index contributed by atoms with van der Waals surface area (Å²) in [5.74, 6) is 0.483. The molecular formula is C20H17FN6O2. The molecule has 29 heavy (non-hydrogen) atoms. The molecule has 1 N–H and O–H groups in total. The summed E-state index contributed by atoms with van der Waals surface area (Å²) >= 11 is 0. The summed E-state index contributed by atoms with van der Waals surface area (Å²) in [5.41, 5.74) is 0.977. The fourth-order valence-electron chi connectivity index (χ4n) is 3.42. The highest BCUT2D eigenvalue weighted by molar-refractivity contribution is 5.90. The number of carbonyl (C=O) groups excluding carboxylic acids is 1. The van der Waals surface area contributed by atoms with Gasteiger partial charge in [-0.05, 0) is 24.3 Å². The molecule has 0 spiro atoms. The highest BCUT2D eigenvalue weighted by Gasteiger charge is 2.40. The molecule has 9 heteroatoms. The SMILES string of the molecule is CC1(C)CN(C(=O)Nc2ccc(F)c(C#N)c2)Cc2c(-c3ncccn3)noc21. The van der Waals surface area contributed by atoms with Gasteiger partial charge in [0.05, 0.1) is 12.1 Å². The molecule has 1 aliphatic rings. The van der Waals surface area contributed by atoms with Crippen LogP contribution in [0, 0.1) is 17.1 Å². The Kier molecular flexibility index (Phi) is 4.47. The van der Waals surface area contributed by atoms with Crippen molar-refractivity contribution in [1.29, 1.82) is 5.26 Å². The predicted octanol–water partition coefficient (Wildman–Crippen LogP) is 3.47. The summed E-state index contributed by atoms with van der Waals surface area (Å²) in [5, 5.41) is 15.8. The van der Waals surface area contributed by atoms with Gasteiger partial charge in [-0.15, -0.1) is 0 Å². The summed E-state index contributed by atoms with van der Waals surface area (Å²) in [7, 11) is 0. The Labute approximate surface area is 166 Å². The molecule has 0 aliphatic carbocycles. The fourth-order valence-corrected chi connectivity index (χ4v) is 3.42. The van der Waals surface area contributed by atoms with Crippen molar-refractivity contribution in [2.24, 2.45) is 0 Å². The lowest BCUT2D eigenvalue weighted by Crippen LogP contribution is -2.46. The van der Waals surface area contributed by atoms with Crippen LogP contribution in [0.4, 0.5) is 14.9 Å². The van der Waals surface area contributed by atoms with E-state index in [4.69, 9.17) is 9.78 Å². The monoisotopic (exact) mass is 392 g/mol. The van der Waals surface area contributed by atoms with Crippen LogP contribution in [0.5, 0.6) is 0 Å². The Morgan fingerprint density at radius 1 is 1.34 bits per heavy atom. The van der Waals surface area contributed by atoms with Gasteiger partial charge in [0.25, 0.3) is 0 Å². The largest absolute Gasteiger partial charge is 0.360 e. The number of anilines is 1. The van der Waals surface area contributed by atoms with E-state index in [2.05, 4.69) is 20.4 Å². The van der Waals surface area contributed by atoms with Gasteiger partial charge in [-0.2, -0.15) is 5.26 Å². The number of rotatable bonds is 2. The molecule has 3 heterocycles. The average molecular weight is 392 g/mol. The predicted molar refractivity (Wildman–Crippen MR) is 101 cm³/mol. The van der Waals surface area contributed by atoms with Gasteiger partial charge in [0.1, 0.15) is 17.6 Å². The third-order valence-corrected chi connectivity index (χ3v) is 4.74. The zero-order chi connectivity index (χ0) is 20.6. The maximum atomic E-state index is 13.5. The van der Waals surface area contributed by atoms with Crippen LogP contribution in [0.3, 0.4) is 0 Å². The lowest BCUT2D eigenvalue weighted by molar-refractivity contribution is 0.172. The molecule has 2 amide bonds. The lowest BCUT2D eigenvalue weighted by Gasteiger charge is -2.36. The number of carbonyl (C=O) groups is 1. The number of amides is 2. The van der Waals surface area contributed by atoms with Gasteiger partial charge in [0.2, 0.25) is 0 Å². The molecule has 0 unspecified atom stereocenters. The average Bonchev–Trinajstić information content (AvgIpc) is 3.15. The highest BCUT2D eigenvalue weighted by atomic mass is 19.1. The maximum Gasteiger partial charge on any atom is 0.322 e. The van der Waals surface area contributed by atoms with E-state index in [0.717, 1.165) is 11.6 Å². The van der Waals surface area contributed by atoms with Crippen LogP contribution in [-0.2, 0) is 12.0 Å². The molecule has 0 saturated heterocycles. The van der Waals surface area contributed by atoms with E-state index in [1.807, 2.05) is 13.8 Å². The van der Waals surface area contributed by atoms with Gasteiger partial charge in [0, 0.05) is 35.6 Å². The second-order valence-corrected chi connectivity index (χ2v) is 7.39. The van der Waals surface area contributed by atoms with Crippen LogP contribution in [0.1, 0.15) is 30.7 Å². The van der Waals surface area contributed by atoms with Gasteiger partial charge in [-0.1, -0.05) is 19.0 Å². The van der Waals surface area contributed by atoms with Crippen LogP contribution in [0.25, 0.3) is 11.5 Å². The number of hydrogen-bond acceptors (Lipinski definition) is 6. The minimum Gasteiger partial charge on any atom is -0.360 e. The molecule has 2 aromatic heterocycles. The molecule has 0 fully saturated rings. The Hall–Kier alpha value is -3.80. The number of nitrogens with one attached hydrogen (secondary N) is 1. The Morgan fingerprint density at radius 2 is 2.10 bits per heavy atom. The van der Waals surface area contributed by atoms with Crippen LogP contribution in [-0.4, -0.2) is 32.6 Å². The van der Waals surface area contributed by atoms with Gasteiger partial charge in [0.15, 0.2) is 11.5 Å². The second kappa shape index (κ2) is 6.98. The van der Waals surface area contributed by atoms with Crippen LogP contribution < -0.4 is 5.32 Å². The Bertz CT molecular complexity index is 1120. The van der Waals surface area contributed by atoms with Crippen LogP contribution in [0.15, 0.2) is 41.2 Å². The number of fused-ring (bicyclic) bond motifs is 1. The molecule has 4 rings (SSSR count). The minimum atomic E-state index is -0.633. The van der Waals surface area contributed by atoms with Crippen molar-refractivity contribution < 1.29 is 13.7 Å². The Morgan fingerprint density at radius 3 is 2.83 bits per heavy atom. The molecule has 0 atom stereocenters. The smallest absolute Gasteiger partial charge is 0.322 e. The van der Waals surface area contributed by atoms with E-state index in [0.29, 0.717) is 29.5 Å². The van der Waals surface area contributed by atoms with E-state index >= 15 is 0 Å². The first kappa shape index (κ1) is 18.6. The molecule has 0 saturated carbocycles. The third-order valence-electron chi connectivity index (χ3n) is 4.74. The third kappa shape index (κ3) is 3.40. The number of halogens is 1. The zero-order valence-corrected chi connectivity index (χ0v) is 15.8. The number of nitrogens with zero attached hydrogens (tertiary/aromatic N) is 5. The van der Waals surface area contributed by atoms with Crippen molar-refractivity contribution in [3.05, 3.63) is 59.4 Å². The van der Waals surface area contributed by atoms with Crippen molar-refractivity contribution >= 4 is 11.7 Å². The van der Waals surface area contributed by atoms with Gasteiger partial charge in [-0.25, -0.2) is 19.2 Å². The fraction of sp³-hybridized carbons (Fsp3) is 0.250. The summed E-state index contributed by atoms with van der Waals surface area (Å²) in [6, 6.07) is 6.96. The highest BCUT2D eigenvalue weighted by Crippen LogP contribution is 2.37. The lowest BCUT2D eigenvalue weighted by atomic mass is 9.83. The number of nitriles is 1. The molecule has 8 nitrogen and oxygen atoms in total. The molecule has 0 radical (unpaired) electrons. The van der Waals surface area contributed by atoms with E-state index in [-0.39, 0.29) is 18.1 Å². The number of urea groups is 1. The Balaban J connectivity index is 1.62. The van der Waals surface area contributed by atoms with E-state index < -0.39 is 11.2 Å². The van der Waals surface area contributed by atoms with Crippen LogP contribution >= 0.6 is 0 Å². The maximum absolute atomic E-state index is 13.5. The van der Waals surface area contributed by atoms with Gasteiger partial charge < -0.3 is 14.7 Å². The molecule has 1 aliphatic heterocycles. The van der Waals surface area contributed by atoms with Gasteiger partial charge in [-0.3, -0.25) is 0 Å². The van der Waals surface area contributed by atoms with E-state index in [9.17, 15) is 9.18 Å². The topological polar surface area (TPSA) is 108 Å². The van der Waals surface area contributed by atoms with E-state index in [1.165, 1.54) is 12.1 Å². The van der Waals surface area contributed by atoms with Crippen LogP contribution in [0.2, 0.25) is 0 Å². The first-order valence-electron chi connectivity index (χ1n) is 8.91. The van der Waals surface area contributed by atoms with Crippen molar-refractivity contribution in [1.82, 2.24) is 20.0 Å². The summed E-state index contributed by atoms with van der Waals surface area (Å²) in [4.78, 5) is 22.9. The van der Waals surface area contributed by atoms with Crippen molar-refractivity contribution in [2.75, 3.05) is 11.9 Å². The van der Waals surface area contributed by atoms with Crippen molar-refractivity contribution in [3.63, 3.8) is 0 Å². The van der Waals surface area contributed by atoms with E-state index in [1.54, 1.807) is 29.4 Å². The van der Waals surface area contributed by atoms with Crippen molar-refractivity contribution in [2.45, 2.75) is 25.8 Å². The summed E-state index contributed by atoms with van der Waals surface area (Å²) in [6.07, 6.45) is 3.23. The minimum absolute atomic E-state index is 0.133. The molecule has 146 valence electrons. The second-order valence-electron chi connectivity index (χ2n) is 7.39. The first-order chi connectivity index (χ1) is 13.9. The number of hydrogen-bond donors (Lipinski definition) is 1.